The van der Waals surface area contributed by atoms with E-state index in [1.807, 2.05) is 50.2 Å². The Balaban J connectivity index is 2.29. The standard InChI is InChI=1S/C14H19N3O/c1-4-18-13-7-5-6-11(8-13)14(15-2)12-9-16-17(3)10-12/h5-10,14-15H,4H2,1-3H3. The van der Waals surface area contributed by atoms with Gasteiger partial charge in [-0.15, -0.1) is 0 Å². The first kappa shape index (κ1) is 12.6. The molecule has 1 atom stereocenters. The molecule has 0 fully saturated rings. The van der Waals surface area contributed by atoms with Crippen molar-refractivity contribution in [2.24, 2.45) is 7.05 Å². The topological polar surface area (TPSA) is 39.1 Å². The number of rotatable bonds is 5. The van der Waals surface area contributed by atoms with Gasteiger partial charge in [-0.05, 0) is 31.7 Å². The molecule has 0 aliphatic heterocycles. The van der Waals surface area contributed by atoms with Crippen LogP contribution in [0.15, 0.2) is 36.7 Å². The van der Waals surface area contributed by atoms with Crippen LogP contribution in [-0.4, -0.2) is 23.4 Å². The van der Waals surface area contributed by atoms with E-state index in [0.717, 1.165) is 11.3 Å². The SMILES string of the molecule is CCOc1cccc(C(NC)c2cnn(C)c2)c1. The molecule has 0 radical (unpaired) electrons. The molecule has 18 heavy (non-hydrogen) atoms. The van der Waals surface area contributed by atoms with E-state index in [1.165, 1.54) is 5.56 Å². The Hall–Kier alpha value is -1.81. The quantitative estimate of drug-likeness (QED) is 0.877. The summed E-state index contributed by atoms with van der Waals surface area (Å²) in [5, 5.41) is 7.52. The third-order valence-electron chi connectivity index (χ3n) is 2.85. The Bertz CT molecular complexity index is 507. The molecule has 1 heterocycles. The van der Waals surface area contributed by atoms with Gasteiger partial charge in [0.1, 0.15) is 5.75 Å². The Labute approximate surface area is 108 Å². The average molecular weight is 245 g/mol. The minimum Gasteiger partial charge on any atom is -0.494 e. The van der Waals surface area contributed by atoms with Crippen LogP contribution in [0, 0.1) is 0 Å². The number of aromatic nitrogens is 2. The van der Waals surface area contributed by atoms with E-state index in [-0.39, 0.29) is 6.04 Å². The van der Waals surface area contributed by atoms with Gasteiger partial charge in [0, 0.05) is 18.8 Å². The fraction of sp³-hybridized carbons (Fsp3) is 0.357. The number of ether oxygens (including phenoxy) is 1. The van der Waals surface area contributed by atoms with Gasteiger partial charge in [0.2, 0.25) is 0 Å². The summed E-state index contributed by atoms with van der Waals surface area (Å²) >= 11 is 0. The molecule has 0 aliphatic rings. The molecule has 0 saturated carbocycles. The second-order valence-electron chi connectivity index (χ2n) is 4.17. The monoisotopic (exact) mass is 245 g/mol. The highest BCUT2D eigenvalue weighted by Crippen LogP contribution is 2.24. The molecule has 0 bridgehead atoms. The number of benzene rings is 1. The molecule has 0 saturated heterocycles. The van der Waals surface area contributed by atoms with Crippen LogP contribution in [0.4, 0.5) is 0 Å². The molecule has 2 rings (SSSR count). The van der Waals surface area contributed by atoms with Crippen molar-refractivity contribution in [2.45, 2.75) is 13.0 Å². The van der Waals surface area contributed by atoms with Crippen molar-refractivity contribution in [3.05, 3.63) is 47.8 Å². The van der Waals surface area contributed by atoms with Gasteiger partial charge < -0.3 is 10.1 Å². The first-order valence-electron chi connectivity index (χ1n) is 6.13. The summed E-state index contributed by atoms with van der Waals surface area (Å²) in [4.78, 5) is 0. The van der Waals surface area contributed by atoms with Crippen molar-refractivity contribution in [1.82, 2.24) is 15.1 Å². The van der Waals surface area contributed by atoms with Crippen molar-refractivity contribution >= 4 is 0 Å². The summed E-state index contributed by atoms with van der Waals surface area (Å²) in [5.41, 5.74) is 2.32. The number of aryl methyl sites for hydroxylation is 1. The van der Waals surface area contributed by atoms with E-state index in [4.69, 9.17) is 4.74 Å². The molecule has 1 N–H and O–H groups in total. The predicted octanol–water partition coefficient (Wildman–Crippen LogP) is 2.13. The lowest BCUT2D eigenvalue weighted by atomic mass is 10.0. The maximum atomic E-state index is 5.53. The lowest BCUT2D eigenvalue weighted by Crippen LogP contribution is -2.17. The van der Waals surface area contributed by atoms with Crippen molar-refractivity contribution in [1.29, 1.82) is 0 Å². The van der Waals surface area contributed by atoms with Gasteiger partial charge in [-0.25, -0.2) is 0 Å². The normalized spacial score (nSPS) is 12.4. The summed E-state index contributed by atoms with van der Waals surface area (Å²) < 4.78 is 7.35. The highest BCUT2D eigenvalue weighted by atomic mass is 16.5. The van der Waals surface area contributed by atoms with E-state index < -0.39 is 0 Å². The van der Waals surface area contributed by atoms with Gasteiger partial charge in [0.15, 0.2) is 0 Å². The van der Waals surface area contributed by atoms with Crippen LogP contribution in [0.3, 0.4) is 0 Å². The maximum absolute atomic E-state index is 5.53. The van der Waals surface area contributed by atoms with E-state index in [9.17, 15) is 0 Å². The van der Waals surface area contributed by atoms with E-state index in [2.05, 4.69) is 22.5 Å². The van der Waals surface area contributed by atoms with Crippen LogP contribution in [-0.2, 0) is 7.05 Å². The van der Waals surface area contributed by atoms with Crippen LogP contribution in [0.2, 0.25) is 0 Å². The zero-order chi connectivity index (χ0) is 13.0. The smallest absolute Gasteiger partial charge is 0.119 e. The minimum absolute atomic E-state index is 0.138. The Morgan fingerprint density at radius 1 is 1.39 bits per heavy atom. The zero-order valence-corrected chi connectivity index (χ0v) is 11.1. The van der Waals surface area contributed by atoms with Gasteiger partial charge in [0.25, 0.3) is 0 Å². The molecular weight excluding hydrogens is 226 g/mol. The fourth-order valence-corrected chi connectivity index (χ4v) is 2.07. The van der Waals surface area contributed by atoms with E-state index in [0.29, 0.717) is 6.61 Å². The summed E-state index contributed by atoms with van der Waals surface area (Å²) in [5.74, 6) is 0.902. The van der Waals surface area contributed by atoms with Gasteiger partial charge in [-0.1, -0.05) is 12.1 Å². The van der Waals surface area contributed by atoms with Gasteiger partial charge in [-0.2, -0.15) is 5.10 Å². The zero-order valence-electron chi connectivity index (χ0n) is 11.1. The molecule has 2 aromatic rings. The van der Waals surface area contributed by atoms with Crippen LogP contribution in [0.25, 0.3) is 0 Å². The molecule has 0 spiro atoms. The molecule has 4 nitrogen and oxygen atoms in total. The van der Waals surface area contributed by atoms with Crippen LogP contribution >= 0.6 is 0 Å². The summed E-state index contributed by atoms with van der Waals surface area (Å²) in [6.45, 7) is 2.67. The summed E-state index contributed by atoms with van der Waals surface area (Å²) in [7, 11) is 3.87. The molecular formula is C14H19N3O. The highest BCUT2D eigenvalue weighted by Gasteiger charge is 2.14. The van der Waals surface area contributed by atoms with Gasteiger partial charge in [-0.3, -0.25) is 4.68 Å². The molecule has 0 aliphatic carbocycles. The van der Waals surface area contributed by atoms with Crippen molar-refractivity contribution < 1.29 is 4.74 Å². The second-order valence-corrected chi connectivity index (χ2v) is 4.17. The van der Waals surface area contributed by atoms with Crippen LogP contribution < -0.4 is 10.1 Å². The molecule has 0 amide bonds. The van der Waals surface area contributed by atoms with E-state index in [1.54, 1.807) is 0 Å². The number of nitrogens with zero attached hydrogens (tertiary/aromatic N) is 2. The van der Waals surface area contributed by atoms with Crippen molar-refractivity contribution in [3.63, 3.8) is 0 Å². The third-order valence-corrected chi connectivity index (χ3v) is 2.85. The van der Waals surface area contributed by atoms with E-state index >= 15 is 0 Å². The second kappa shape index (κ2) is 5.69. The Morgan fingerprint density at radius 3 is 2.83 bits per heavy atom. The van der Waals surface area contributed by atoms with Gasteiger partial charge in [0.05, 0.1) is 18.8 Å². The van der Waals surface area contributed by atoms with Crippen molar-refractivity contribution in [3.8, 4) is 5.75 Å². The number of hydrogen-bond acceptors (Lipinski definition) is 3. The summed E-state index contributed by atoms with van der Waals surface area (Å²) in [6, 6.07) is 8.29. The molecule has 1 unspecified atom stereocenters. The van der Waals surface area contributed by atoms with Crippen LogP contribution in [0.5, 0.6) is 5.75 Å². The number of hydrogen-bond donors (Lipinski definition) is 1. The number of nitrogens with one attached hydrogen (secondary N) is 1. The average Bonchev–Trinajstić information content (AvgIpc) is 2.78. The van der Waals surface area contributed by atoms with Gasteiger partial charge >= 0.3 is 0 Å². The fourth-order valence-electron chi connectivity index (χ4n) is 2.07. The minimum atomic E-state index is 0.138. The molecule has 1 aromatic heterocycles. The molecule has 1 aromatic carbocycles. The summed E-state index contributed by atoms with van der Waals surface area (Å²) in [6.07, 6.45) is 3.91. The first-order chi connectivity index (χ1) is 8.74. The molecule has 96 valence electrons. The Morgan fingerprint density at radius 2 is 2.22 bits per heavy atom. The molecule has 4 heteroatoms. The van der Waals surface area contributed by atoms with Crippen LogP contribution in [0.1, 0.15) is 24.1 Å². The largest absolute Gasteiger partial charge is 0.494 e. The lowest BCUT2D eigenvalue weighted by Gasteiger charge is -2.16. The first-order valence-corrected chi connectivity index (χ1v) is 6.13. The third kappa shape index (κ3) is 2.71. The highest BCUT2D eigenvalue weighted by molar-refractivity contribution is 5.35. The maximum Gasteiger partial charge on any atom is 0.119 e. The Kier molecular flexibility index (Phi) is 3.99. The lowest BCUT2D eigenvalue weighted by molar-refractivity contribution is 0.339. The predicted molar refractivity (Wildman–Crippen MR) is 71.7 cm³/mol. The van der Waals surface area contributed by atoms with Crippen molar-refractivity contribution in [2.75, 3.05) is 13.7 Å².